The molecule has 0 saturated heterocycles. The molecular weight excluding hydrogens is 392 g/mol. The molecule has 2 rings (SSSR count). The van der Waals surface area contributed by atoms with Gasteiger partial charge in [0, 0.05) is 21.9 Å². The molecule has 7 heteroatoms. The van der Waals surface area contributed by atoms with E-state index in [1.807, 2.05) is 0 Å². The number of carboxylic acid groups (broad SMARTS) is 1. The number of hydrogen-bond donors (Lipinski definition) is 2. The molecule has 0 spiro atoms. The number of halogens is 2. The van der Waals surface area contributed by atoms with Crippen LogP contribution in [0.5, 0.6) is 0 Å². The maximum absolute atomic E-state index is 12.0. The second-order valence-corrected chi connectivity index (χ2v) is 5.49. The van der Waals surface area contributed by atoms with Crippen LogP contribution in [0.3, 0.4) is 0 Å². The number of rotatable bonds is 3. The summed E-state index contributed by atoms with van der Waals surface area (Å²) in [6, 6.07) is 7.72. The van der Waals surface area contributed by atoms with E-state index in [2.05, 4.69) is 42.2 Å². The first-order chi connectivity index (χ1) is 9.47. The SMILES string of the molecule is O=C(Nc1ccc(Br)c(C(=O)O)c1)c1ccnc(Br)c1. The van der Waals surface area contributed by atoms with Crippen molar-refractivity contribution in [3.63, 3.8) is 0 Å². The van der Waals surface area contributed by atoms with E-state index < -0.39 is 5.97 Å². The van der Waals surface area contributed by atoms with Gasteiger partial charge in [0.05, 0.1) is 5.56 Å². The van der Waals surface area contributed by atoms with Gasteiger partial charge in [-0.2, -0.15) is 0 Å². The molecule has 0 aliphatic carbocycles. The summed E-state index contributed by atoms with van der Waals surface area (Å²) in [4.78, 5) is 27.0. The quantitative estimate of drug-likeness (QED) is 0.773. The highest BCUT2D eigenvalue weighted by Crippen LogP contribution is 2.21. The third-order valence-electron chi connectivity index (χ3n) is 2.44. The fraction of sp³-hybridized carbons (Fsp3) is 0. The first-order valence-corrected chi connectivity index (χ1v) is 7.02. The van der Waals surface area contributed by atoms with E-state index in [4.69, 9.17) is 5.11 Å². The number of carbonyl (C=O) groups excluding carboxylic acids is 1. The minimum atomic E-state index is -1.07. The summed E-state index contributed by atoms with van der Waals surface area (Å²) in [5, 5.41) is 11.7. The standard InChI is InChI=1S/C13H8Br2N2O3/c14-10-2-1-8(6-9(10)13(19)20)17-12(18)7-3-4-16-11(15)5-7/h1-6H,(H,17,18)(H,19,20). The van der Waals surface area contributed by atoms with E-state index in [-0.39, 0.29) is 11.5 Å². The number of aromatic carboxylic acids is 1. The maximum Gasteiger partial charge on any atom is 0.336 e. The molecule has 0 aliphatic rings. The number of carbonyl (C=O) groups is 2. The lowest BCUT2D eigenvalue weighted by atomic mass is 10.2. The molecule has 0 aliphatic heterocycles. The van der Waals surface area contributed by atoms with Crippen LogP contribution in [0, 0.1) is 0 Å². The van der Waals surface area contributed by atoms with Crippen LogP contribution in [0.2, 0.25) is 0 Å². The van der Waals surface area contributed by atoms with Gasteiger partial charge in [0.15, 0.2) is 0 Å². The number of carboxylic acids is 1. The smallest absolute Gasteiger partial charge is 0.336 e. The van der Waals surface area contributed by atoms with E-state index in [1.54, 1.807) is 24.3 Å². The van der Waals surface area contributed by atoms with Crippen LogP contribution in [0.4, 0.5) is 5.69 Å². The van der Waals surface area contributed by atoms with Gasteiger partial charge in [-0.25, -0.2) is 9.78 Å². The lowest BCUT2D eigenvalue weighted by molar-refractivity contribution is 0.0695. The van der Waals surface area contributed by atoms with Gasteiger partial charge in [-0.1, -0.05) is 0 Å². The lowest BCUT2D eigenvalue weighted by Gasteiger charge is -2.07. The molecule has 0 radical (unpaired) electrons. The summed E-state index contributed by atoms with van der Waals surface area (Å²) < 4.78 is 1.00. The van der Waals surface area contributed by atoms with Crippen molar-refractivity contribution in [1.82, 2.24) is 4.98 Å². The summed E-state index contributed by atoms with van der Waals surface area (Å²) in [6.07, 6.45) is 1.50. The Labute approximate surface area is 131 Å². The maximum atomic E-state index is 12.0. The van der Waals surface area contributed by atoms with Crippen molar-refractivity contribution in [2.75, 3.05) is 5.32 Å². The molecule has 5 nitrogen and oxygen atoms in total. The Morgan fingerprint density at radius 3 is 2.55 bits per heavy atom. The number of hydrogen-bond acceptors (Lipinski definition) is 3. The van der Waals surface area contributed by atoms with Crippen LogP contribution in [0.1, 0.15) is 20.7 Å². The van der Waals surface area contributed by atoms with E-state index in [0.717, 1.165) is 0 Å². The molecule has 1 aromatic heterocycles. The van der Waals surface area contributed by atoms with Crippen molar-refractivity contribution in [3.8, 4) is 0 Å². The van der Waals surface area contributed by atoms with Gasteiger partial charge in [-0.15, -0.1) is 0 Å². The molecule has 0 unspecified atom stereocenters. The zero-order chi connectivity index (χ0) is 14.7. The average Bonchev–Trinajstić information content (AvgIpc) is 2.40. The normalized spacial score (nSPS) is 10.1. The number of nitrogens with one attached hydrogen (secondary N) is 1. The molecule has 2 N–H and O–H groups in total. The Morgan fingerprint density at radius 1 is 1.15 bits per heavy atom. The molecule has 1 aromatic carbocycles. The third kappa shape index (κ3) is 3.43. The van der Waals surface area contributed by atoms with Crippen LogP contribution < -0.4 is 5.32 Å². The molecule has 102 valence electrons. The highest BCUT2D eigenvalue weighted by molar-refractivity contribution is 9.10. The van der Waals surface area contributed by atoms with Crippen molar-refractivity contribution < 1.29 is 14.7 Å². The zero-order valence-electron chi connectivity index (χ0n) is 9.93. The van der Waals surface area contributed by atoms with Crippen LogP contribution in [-0.4, -0.2) is 22.0 Å². The number of pyridine rings is 1. The summed E-state index contributed by atoms with van der Waals surface area (Å²) in [5.74, 6) is -1.41. The van der Waals surface area contributed by atoms with Crippen molar-refractivity contribution in [1.29, 1.82) is 0 Å². The fourth-order valence-corrected chi connectivity index (χ4v) is 2.29. The topological polar surface area (TPSA) is 79.3 Å². The van der Waals surface area contributed by atoms with Gasteiger partial charge >= 0.3 is 5.97 Å². The Kier molecular flexibility index (Phi) is 4.51. The minimum Gasteiger partial charge on any atom is -0.478 e. The summed E-state index contributed by atoms with van der Waals surface area (Å²) in [7, 11) is 0. The first-order valence-electron chi connectivity index (χ1n) is 5.43. The molecule has 1 amide bonds. The molecule has 0 saturated carbocycles. The van der Waals surface area contributed by atoms with E-state index >= 15 is 0 Å². The molecule has 1 heterocycles. The second-order valence-electron chi connectivity index (χ2n) is 3.82. The Balaban J connectivity index is 2.24. The summed E-state index contributed by atoms with van der Waals surface area (Å²) in [6.45, 7) is 0. The Hall–Kier alpha value is -1.73. The molecular formula is C13H8Br2N2O3. The monoisotopic (exact) mass is 398 g/mol. The predicted molar refractivity (Wildman–Crippen MR) is 81.0 cm³/mol. The number of amides is 1. The van der Waals surface area contributed by atoms with Crippen LogP contribution in [-0.2, 0) is 0 Å². The van der Waals surface area contributed by atoms with Crippen LogP contribution >= 0.6 is 31.9 Å². The molecule has 20 heavy (non-hydrogen) atoms. The molecule has 0 fully saturated rings. The van der Waals surface area contributed by atoms with Crippen molar-refractivity contribution in [2.24, 2.45) is 0 Å². The van der Waals surface area contributed by atoms with Gasteiger partial charge in [0.2, 0.25) is 0 Å². The number of anilines is 1. The molecule has 0 bridgehead atoms. The second kappa shape index (κ2) is 6.15. The lowest BCUT2D eigenvalue weighted by Crippen LogP contribution is -2.12. The van der Waals surface area contributed by atoms with Crippen LogP contribution in [0.25, 0.3) is 0 Å². The Morgan fingerprint density at radius 2 is 1.90 bits per heavy atom. The number of nitrogens with zero attached hydrogens (tertiary/aromatic N) is 1. The zero-order valence-corrected chi connectivity index (χ0v) is 13.1. The average molecular weight is 400 g/mol. The van der Waals surface area contributed by atoms with E-state index in [1.165, 1.54) is 12.3 Å². The summed E-state index contributed by atoms with van der Waals surface area (Å²) >= 11 is 6.32. The van der Waals surface area contributed by atoms with Crippen molar-refractivity contribution in [2.45, 2.75) is 0 Å². The van der Waals surface area contributed by atoms with E-state index in [9.17, 15) is 9.59 Å². The molecule has 0 atom stereocenters. The minimum absolute atomic E-state index is 0.0821. The largest absolute Gasteiger partial charge is 0.478 e. The molecule has 2 aromatic rings. The fourth-order valence-electron chi connectivity index (χ4n) is 1.51. The van der Waals surface area contributed by atoms with Crippen LogP contribution in [0.15, 0.2) is 45.6 Å². The van der Waals surface area contributed by atoms with E-state index in [0.29, 0.717) is 20.3 Å². The highest BCUT2D eigenvalue weighted by Gasteiger charge is 2.11. The van der Waals surface area contributed by atoms with Gasteiger partial charge in [0.25, 0.3) is 5.91 Å². The Bertz CT molecular complexity index is 689. The summed E-state index contributed by atoms with van der Waals surface area (Å²) in [5.41, 5.74) is 0.911. The van der Waals surface area contributed by atoms with Gasteiger partial charge < -0.3 is 10.4 Å². The van der Waals surface area contributed by atoms with Gasteiger partial charge in [-0.05, 0) is 62.2 Å². The highest BCUT2D eigenvalue weighted by atomic mass is 79.9. The van der Waals surface area contributed by atoms with Gasteiger partial charge in [-0.3, -0.25) is 4.79 Å². The first kappa shape index (κ1) is 14.7. The van der Waals surface area contributed by atoms with Gasteiger partial charge in [0.1, 0.15) is 4.60 Å². The van der Waals surface area contributed by atoms with Crippen molar-refractivity contribution in [3.05, 3.63) is 56.7 Å². The van der Waals surface area contributed by atoms with Crippen molar-refractivity contribution >= 4 is 49.4 Å². The number of aromatic nitrogens is 1. The number of benzene rings is 1. The predicted octanol–water partition coefficient (Wildman–Crippen LogP) is 3.56. The third-order valence-corrected chi connectivity index (χ3v) is 3.57.